The summed E-state index contributed by atoms with van der Waals surface area (Å²) in [4.78, 5) is -0.265. The lowest BCUT2D eigenvalue weighted by atomic mass is 10.1. The summed E-state index contributed by atoms with van der Waals surface area (Å²) in [6, 6.07) is 2.86. The Balaban J connectivity index is 0.00000264. The van der Waals surface area contributed by atoms with Crippen LogP contribution >= 0.6 is 12.4 Å². The smallest absolute Gasteiger partial charge is 0.316 e. The molecule has 9 heteroatoms. The molecule has 0 saturated carbocycles. The number of nitrogens with zero attached hydrogens (tertiary/aromatic N) is 1. The molecule has 0 aliphatic carbocycles. The van der Waals surface area contributed by atoms with Gasteiger partial charge in [-0.2, -0.15) is 17.5 Å². The molecule has 0 radical (unpaired) electrons. The van der Waals surface area contributed by atoms with Crippen LogP contribution in [0, 0.1) is 6.92 Å². The van der Waals surface area contributed by atoms with Gasteiger partial charge in [0.15, 0.2) is 0 Å². The van der Waals surface area contributed by atoms with Crippen LogP contribution in [-0.4, -0.2) is 38.9 Å². The minimum absolute atomic E-state index is 0. The number of rotatable bonds is 3. The van der Waals surface area contributed by atoms with Gasteiger partial charge >= 0.3 is 6.18 Å². The first-order valence-electron chi connectivity index (χ1n) is 7.01. The summed E-state index contributed by atoms with van der Waals surface area (Å²) in [5.74, 6) is 0. The molecule has 1 aromatic rings. The van der Waals surface area contributed by atoms with Crippen LogP contribution in [0.25, 0.3) is 0 Å². The number of nitrogens with one attached hydrogen (secondary N) is 1. The van der Waals surface area contributed by atoms with E-state index in [4.69, 9.17) is 0 Å². The number of alkyl halides is 3. The van der Waals surface area contributed by atoms with Crippen LogP contribution in [0.4, 0.5) is 13.2 Å². The Morgan fingerprint density at radius 2 is 1.96 bits per heavy atom. The maximum absolute atomic E-state index is 12.8. The van der Waals surface area contributed by atoms with Gasteiger partial charge in [0.25, 0.3) is 0 Å². The number of halogens is 4. The van der Waals surface area contributed by atoms with Crippen molar-refractivity contribution in [1.29, 1.82) is 0 Å². The summed E-state index contributed by atoms with van der Waals surface area (Å²) in [7, 11) is -2.18. The van der Waals surface area contributed by atoms with Gasteiger partial charge in [-0.05, 0) is 44.5 Å². The van der Waals surface area contributed by atoms with Crippen molar-refractivity contribution in [2.75, 3.05) is 20.1 Å². The van der Waals surface area contributed by atoms with Gasteiger partial charge < -0.3 is 5.32 Å². The van der Waals surface area contributed by atoms with Crippen LogP contribution in [-0.2, 0) is 16.2 Å². The third-order valence-electron chi connectivity index (χ3n) is 3.93. The van der Waals surface area contributed by atoms with Crippen molar-refractivity contribution in [3.63, 3.8) is 0 Å². The van der Waals surface area contributed by atoms with Crippen LogP contribution in [0.5, 0.6) is 0 Å². The summed E-state index contributed by atoms with van der Waals surface area (Å²) in [6.07, 6.45) is -3.03. The highest BCUT2D eigenvalue weighted by Crippen LogP contribution is 2.33. The lowest BCUT2D eigenvalue weighted by Crippen LogP contribution is -2.47. The van der Waals surface area contributed by atoms with Crippen molar-refractivity contribution in [3.8, 4) is 0 Å². The Bertz CT molecular complexity index is 650. The van der Waals surface area contributed by atoms with Gasteiger partial charge in [0.05, 0.1) is 10.5 Å². The van der Waals surface area contributed by atoms with Gasteiger partial charge in [0.2, 0.25) is 10.0 Å². The van der Waals surface area contributed by atoms with Gasteiger partial charge in [-0.15, -0.1) is 12.4 Å². The lowest BCUT2D eigenvalue weighted by Gasteiger charge is -2.32. The Morgan fingerprint density at radius 3 is 2.52 bits per heavy atom. The quantitative estimate of drug-likeness (QED) is 0.887. The van der Waals surface area contributed by atoms with Gasteiger partial charge in [0, 0.05) is 19.1 Å². The number of sulfonamides is 1. The fourth-order valence-electron chi connectivity index (χ4n) is 2.59. The molecule has 1 saturated heterocycles. The van der Waals surface area contributed by atoms with E-state index in [9.17, 15) is 21.6 Å². The molecule has 0 bridgehead atoms. The highest BCUT2D eigenvalue weighted by atomic mass is 35.5. The van der Waals surface area contributed by atoms with Gasteiger partial charge in [-0.1, -0.05) is 6.07 Å². The second-order valence-corrected chi connectivity index (χ2v) is 7.38. The Kier molecular flexibility index (Phi) is 6.48. The Morgan fingerprint density at radius 1 is 1.30 bits per heavy atom. The largest absolute Gasteiger partial charge is 0.416 e. The van der Waals surface area contributed by atoms with E-state index in [1.807, 2.05) is 0 Å². The fraction of sp³-hybridized carbons (Fsp3) is 0.571. The molecule has 132 valence electrons. The summed E-state index contributed by atoms with van der Waals surface area (Å²) in [6.45, 7) is 2.11. The highest BCUT2D eigenvalue weighted by Gasteiger charge is 2.35. The zero-order valence-corrected chi connectivity index (χ0v) is 14.5. The number of piperidine rings is 1. The van der Waals surface area contributed by atoms with E-state index in [-0.39, 0.29) is 29.9 Å². The molecule has 1 aliphatic rings. The molecular formula is C14H20ClF3N2O2S. The maximum atomic E-state index is 12.8. The van der Waals surface area contributed by atoms with E-state index >= 15 is 0 Å². The molecule has 1 unspecified atom stereocenters. The molecule has 0 spiro atoms. The van der Waals surface area contributed by atoms with E-state index in [0.29, 0.717) is 18.5 Å². The van der Waals surface area contributed by atoms with Gasteiger partial charge in [-0.25, -0.2) is 8.42 Å². The lowest BCUT2D eigenvalue weighted by molar-refractivity contribution is -0.137. The summed E-state index contributed by atoms with van der Waals surface area (Å²) >= 11 is 0. The maximum Gasteiger partial charge on any atom is 0.416 e. The molecule has 0 amide bonds. The average molecular weight is 373 g/mol. The minimum atomic E-state index is -4.56. The van der Waals surface area contributed by atoms with E-state index in [2.05, 4.69) is 5.32 Å². The number of aryl methyl sites for hydroxylation is 1. The molecule has 1 atom stereocenters. The monoisotopic (exact) mass is 372 g/mol. The number of likely N-dealkylation sites (N-methyl/N-ethyl adjacent to an activating group) is 1. The van der Waals surface area contributed by atoms with Crippen LogP contribution in [0.2, 0.25) is 0 Å². The normalized spacial score (nSPS) is 20.1. The predicted octanol–water partition coefficient (Wildman–Crippen LogP) is 2.81. The third-order valence-corrected chi connectivity index (χ3v) is 5.93. The minimum Gasteiger partial charge on any atom is -0.316 e. The first-order valence-corrected chi connectivity index (χ1v) is 8.45. The van der Waals surface area contributed by atoms with Crippen LogP contribution in [0.3, 0.4) is 0 Å². The first-order chi connectivity index (χ1) is 10.2. The molecule has 1 heterocycles. The van der Waals surface area contributed by atoms with Crippen molar-refractivity contribution in [2.45, 2.75) is 36.9 Å². The zero-order chi connectivity index (χ0) is 16.5. The average Bonchev–Trinajstić information content (AvgIpc) is 2.46. The number of benzene rings is 1. The topological polar surface area (TPSA) is 49.4 Å². The SMILES string of the molecule is CNC1CCCN(S(=O)(=O)c2cc(C(F)(F)F)ccc2C)C1.Cl. The van der Waals surface area contributed by atoms with Gasteiger partial charge in [-0.3, -0.25) is 0 Å². The number of hydrogen-bond donors (Lipinski definition) is 1. The standard InChI is InChI=1S/C14H19F3N2O2S.ClH/c1-10-5-6-11(14(15,16)17)8-13(10)22(20,21)19-7-3-4-12(9-19)18-2;/h5-6,8,12,18H,3-4,7,9H2,1-2H3;1H. The molecule has 1 aliphatic heterocycles. The Hall–Kier alpha value is -0.830. The van der Waals surface area contributed by atoms with Crippen molar-refractivity contribution < 1.29 is 21.6 Å². The molecule has 1 N–H and O–H groups in total. The molecule has 2 rings (SSSR count). The summed E-state index contributed by atoms with van der Waals surface area (Å²) < 4.78 is 65.1. The molecule has 0 aromatic heterocycles. The van der Waals surface area contributed by atoms with E-state index in [0.717, 1.165) is 18.6 Å². The molecular weight excluding hydrogens is 353 g/mol. The Labute approximate surface area is 140 Å². The highest BCUT2D eigenvalue weighted by molar-refractivity contribution is 7.89. The second kappa shape index (κ2) is 7.38. The van der Waals surface area contributed by atoms with Crippen molar-refractivity contribution in [3.05, 3.63) is 29.3 Å². The van der Waals surface area contributed by atoms with Crippen molar-refractivity contribution in [1.82, 2.24) is 9.62 Å². The number of hydrogen-bond acceptors (Lipinski definition) is 3. The third kappa shape index (κ3) is 4.37. The van der Waals surface area contributed by atoms with E-state index in [1.165, 1.54) is 17.3 Å². The van der Waals surface area contributed by atoms with Crippen molar-refractivity contribution >= 4 is 22.4 Å². The first kappa shape index (κ1) is 20.2. The van der Waals surface area contributed by atoms with Crippen molar-refractivity contribution in [2.24, 2.45) is 0 Å². The van der Waals surface area contributed by atoms with Crippen LogP contribution < -0.4 is 5.32 Å². The molecule has 1 aromatic carbocycles. The predicted molar refractivity (Wildman–Crippen MR) is 84.3 cm³/mol. The summed E-state index contributed by atoms with van der Waals surface area (Å²) in [5, 5.41) is 3.02. The summed E-state index contributed by atoms with van der Waals surface area (Å²) in [5.41, 5.74) is -0.626. The van der Waals surface area contributed by atoms with E-state index in [1.54, 1.807) is 7.05 Å². The van der Waals surface area contributed by atoms with E-state index < -0.39 is 21.8 Å². The second-order valence-electron chi connectivity index (χ2n) is 5.47. The fourth-order valence-corrected chi connectivity index (χ4v) is 4.36. The van der Waals surface area contributed by atoms with Gasteiger partial charge in [0.1, 0.15) is 0 Å². The van der Waals surface area contributed by atoms with Crippen LogP contribution in [0.15, 0.2) is 23.1 Å². The van der Waals surface area contributed by atoms with Crippen LogP contribution in [0.1, 0.15) is 24.0 Å². The molecule has 1 fully saturated rings. The molecule has 4 nitrogen and oxygen atoms in total. The molecule has 23 heavy (non-hydrogen) atoms. The zero-order valence-electron chi connectivity index (χ0n) is 12.9.